The third-order valence-electron chi connectivity index (χ3n) is 11.8. The van der Waals surface area contributed by atoms with E-state index in [1.807, 2.05) is 0 Å². The molecule has 4 saturated carbocycles. The summed E-state index contributed by atoms with van der Waals surface area (Å²) in [6, 6.07) is 3.56. The lowest BCUT2D eigenvalue weighted by molar-refractivity contribution is -0.207. The number of rotatable bonds is 4. The molecule has 0 bridgehead atoms. The first-order valence-corrected chi connectivity index (χ1v) is 14.4. The predicted octanol–water partition coefficient (Wildman–Crippen LogP) is 4.11. The number of hydrogen-bond donors (Lipinski definition) is 3. The Hall–Kier alpha value is -1.83. The van der Waals surface area contributed by atoms with Gasteiger partial charge in [0.25, 0.3) is 0 Å². The van der Waals surface area contributed by atoms with Gasteiger partial charge in [-0.25, -0.2) is 14.8 Å². The largest absolute Gasteiger partial charge is 0.407 e. The molecule has 202 valence electrons. The molecule has 0 spiro atoms. The molecule has 6 rings (SSSR count). The van der Waals surface area contributed by atoms with E-state index < -0.39 is 11.7 Å². The van der Waals surface area contributed by atoms with Crippen LogP contribution in [0.1, 0.15) is 78.0 Å². The molecule has 37 heavy (non-hydrogen) atoms. The number of nitrogens with zero attached hydrogens (tertiary/aromatic N) is 2. The van der Waals surface area contributed by atoms with Crippen molar-refractivity contribution in [1.82, 2.24) is 9.97 Å². The summed E-state index contributed by atoms with van der Waals surface area (Å²) >= 11 is 0. The highest BCUT2D eigenvalue weighted by atomic mass is 16.4. The average molecular weight is 511 g/mol. The fraction of sp³-hybridized carbons (Fsp3) is 0.767. The molecule has 11 atom stereocenters. The Balaban J connectivity index is 1.21. The van der Waals surface area contributed by atoms with E-state index in [2.05, 4.69) is 30.7 Å². The van der Waals surface area contributed by atoms with Crippen LogP contribution in [0.4, 0.5) is 0 Å². The Morgan fingerprint density at radius 3 is 2.73 bits per heavy atom. The summed E-state index contributed by atoms with van der Waals surface area (Å²) in [6.45, 7) is 6.91. The molecule has 0 amide bonds. The summed E-state index contributed by atoms with van der Waals surface area (Å²) in [5, 5.41) is 33.6. The van der Waals surface area contributed by atoms with Crippen molar-refractivity contribution in [2.75, 3.05) is 0 Å². The molecule has 0 radical (unpaired) electrons. The molecule has 2 heterocycles. The number of pyridine rings is 1. The normalized spacial score (nSPS) is 44.2. The smallest absolute Gasteiger partial charge is 0.365 e. The Morgan fingerprint density at radius 2 is 1.92 bits per heavy atom. The van der Waals surface area contributed by atoms with Gasteiger partial charge in [0.15, 0.2) is 11.4 Å². The Morgan fingerprint density at radius 1 is 1.11 bits per heavy atom. The van der Waals surface area contributed by atoms with Gasteiger partial charge in [-0.1, -0.05) is 20.8 Å². The first-order valence-electron chi connectivity index (χ1n) is 14.4. The third kappa shape index (κ3) is 3.90. The Labute approximate surface area is 218 Å². The summed E-state index contributed by atoms with van der Waals surface area (Å²) < 4.78 is 5.48. The van der Waals surface area contributed by atoms with Gasteiger partial charge >= 0.3 is 5.63 Å². The standard InChI is InChI=1S/C30H42N2O5/c1-16(6-9-25-32-22-5-4-12-31-27(22)28(36)37-25)19-7-8-20-26-21(15-24(35)30(19,20)3)29(2)11-10-18(33)13-17(29)14-23(26)34/h4-5,12,16-21,23-24,26,33-35H,6-11,13-15H2,1-3H3/t16-,17+,18-,19-,20+,21?,23-,24+,26+,29+,30-/m1/s1. The van der Waals surface area contributed by atoms with Crippen LogP contribution in [0, 0.1) is 46.3 Å². The zero-order chi connectivity index (χ0) is 26.1. The highest BCUT2D eigenvalue weighted by molar-refractivity contribution is 5.71. The minimum atomic E-state index is -0.441. The van der Waals surface area contributed by atoms with Crippen LogP contribution in [0.25, 0.3) is 11.0 Å². The molecular weight excluding hydrogens is 468 g/mol. The molecule has 1 unspecified atom stereocenters. The average Bonchev–Trinajstić information content (AvgIpc) is 3.23. The van der Waals surface area contributed by atoms with E-state index in [1.165, 1.54) is 0 Å². The number of aliphatic hydroxyl groups excluding tert-OH is 3. The van der Waals surface area contributed by atoms with Crippen molar-refractivity contribution < 1.29 is 19.7 Å². The highest BCUT2D eigenvalue weighted by Crippen LogP contribution is 2.68. The number of aliphatic hydroxyl groups is 3. The molecule has 4 aliphatic carbocycles. The van der Waals surface area contributed by atoms with E-state index in [-0.39, 0.29) is 34.5 Å². The van der Waals surface area contributed by atoms with Crippen LogP contribution in [0.5, 0.6) is 0 Å². The lowest BCUT2D eigenvalue weighted by atomic mass is 9.43. The number of hydrogen-bond acceptors (Lipinski definition) is 7. The molecule has 7 heteroatoms. The number of aryl methyl sites for hydroxylation is 1. The van der Waals surface area contributed by atoms with Crippen molar-refractivity contribution in [2.45, 2.75) is 96.9 Å². The Bertz CT molecular complexity index is 1220. The van der Waals surface area contributed by atoms with Gasteiger partial charge in [0.1, 0.15) is 0 Å². The van der Waals surface area contributed by atoms with Gasteiger partial charge in [-0.05, 0) is 110 Å². The van der Waals surface area contributed by atoms with Gasteiger partial charge in [-0.3, -0.25) is 0 Å². The monoisotopic (exact) mass is 510 g/mol. The molecule has 3 N–H and O–H groups in total. The lowest BCUT2D eigenvalue weighted by Gasteiger charge is -2.63. The third-order valence-corrected chi connectivity index (χ3v) is 11.8. The SMILES string of the molecule is C[C@H](CCc1nc2cccnc2c(=O)o1)[C@H]1CC[C@H]2[C@H]3C(C[C@H](O)[C@]12C)[C@@]1(C)CC[C@@H](O)C[C@H]1C[C@H]3O. The van der Waals surface area contributed by atoms with Crippen molar-refractivity contribution in [3.05, 3.63) is 34.6 Å². The van der Waals surface area contributed by atoms with E-state index in [0.717, 1.165) is 51.4 Å². The van der Waals surface area contributed by atoms with Crippen molar-refractivity contribution in [3.63, 3.8) is 0 Å². The summed E-state index contributed by atoms with van der Waals surface area (Å²) in [5.41, 5.74) is 0.239. The van der Waals surface area contributed by atoms with E-state index in [0.29, 0.717) is 47.4 Å². The van der Waals surface area contributed by atoms with Crippen LogP contribution in [0.15, 0.2) is 27.5 Å². The summed E-state index contributed by atoms with van der Waals surface area (Å²) in [7, 11) is 0. The second kappa shape index (κ2) is 9.13. The van der Waals surface area contributed by atoms with Gasteiger partial charge < -0.3 is 19.7 Å². The maximum absolute atomic E-state index is 12.4. The maximum atomic E-state index is 12.4. The topological polar surface area (TPSA) is 117 Å². The second-order valence-electron chi connectivity index (χ2n) is 13.3. The van der Waals surface area contributed by atoms with Gasteiger partial charge in [0, 0.05) is 12.6 Å². The zero-order valence-corrected chi connectivity index (χ0v) is 22.3. The summed E-state index contributed by atoms with van der Waals surface area (Å²) in [5.74, 6) is 2.27. The van der Waals surface area contributed by atoms with Gasteiger partial charge in [-0.15, -0.1) is 0 Å². The zero-order valence-electron chi connectivity index (χ0n) is 22.3. The maximum Gasteiger partial charge on any atom is 0.365 e. The first-order chi connectivity index (χ1) is 17.6. The Kier molecular flexibility index (Phi) is 6.28. The lowest BCUT2D eigenvalue weighted by Crippen LogP contribution is -2.62. The van der Waals surface area contributed by atoms with Crippen LogP contribution in [-0.4, -0.2) is 43.6 Å². The van der Waals surface area contributed by atoms with Crippen molar-refractivity contribution in [1.29, 1.82) is 0 Å². The van der Waals surface area contributed by atoms with Gasteiger partial charge in [-0.2, -0.15) is 0 Å². The van der Waals surface area contributed by atoms with Crippen LogP contribution < -0.4 is 5.63 Å². The van der Waals surface area contributed by atoms with E-state index in [4.69, 9.17) is 4.42 Å². The number of aromatic nitrogens is 2. The fourth-order valence-corrected chi connectivity index (χ4v) is 9.75. The van der Waals surface area contributed by atoms with E-state index in [1.54, 1.807) is 18.3 Å². The minimum absolute atomic E-state index is 0.0866. The summed E-state index contributed by atoms with van der Waals surface area (Å²) in [6.07, 6.45) is 8.18. The minimum Gasteiger partial charge on any atom is -0.407 e. The van der Waals surface area contributed by atoms with Gasteiger partial charge in [0.2, 0.25) is 0 Å². The predicted molar refractivity (Wildman–Crippen MR) is 140 cm³/mol. The van der Waals surface area contributed by atoms with Crippen LogP contribution in [-0.2, 0) is 6.42 Å². The highest BCUT2D eigenvalue weighted by Gasteiger charge is 2.65. The molecule has 2 aromatic heterocycles. The molecule has 0 aliphatic heterocycles. The van der Waals surface area contributed by atoms with Gasteiger partial charge in [0.05, 0.1) is 23.8 Å². The molecular formula is C30H42N2O5. The molecule has 7 nitrogen and oxygen atoms in total. The second-order valence-corrected chi connectivity index (χ2v) is 13.3. The van der Waals surface area contributed by atoms with Crippen molar-refractivity contribution >= 4 is 11.0 Å². The number of fused-ring (bicyclic) bond motifs is 6. The molecule has 4 fully saturated rings. The van der Waals surface area contributed by atoms with E-state index in [9.17, 15) is 20.1 Å². The fourth-order valence-electron chi connectivity index (χ4n) is 9.75. The molecule has 0 aromatic carbocycles. The van der Waals surface area contributed by atoms with Crippen LogP contribution >= 0.6 is 0 Å². The van der Waals surface area contributed by atoms with Crippen molar-refractivity contribution in [2.24, 2.45) is 46.3 Å². The molecule has 4 aliphatic rings. The van der Waals surface area contributed by atoms with Crippen LogP contribution in [0.2, 0.25) is 0 Å². The van der Waals surface area contributed by atoms with Crippen LogP contribution in [0.3, 0.4) is 0 Å². The summed E-state index contributed by atoms with van der Waals surface area (Å²) in [4.78, 5) is 21.0. The van der Waals surface area contributed by atoms with Crippen molar-refractivity contribution in [3.8, 4) is 0 Å². The molecule has 0 saturated heterocycles. The molecule has 2 aromatic rings. The quantitative estimate of drug-likeness (QED) is 0.567. The first kappa shape index (κ1) is 25.4. The van der Waals surface area contributed by atoms with E-state index >= 15 is 0 Å².